The zero-order valence-electron chi connectivity index (χ0n) is 15.4. The van der Waals surface area contributed by atoms with Crippen molar-refractivity contribution in [3.63, 3.8) is 0 Å². The number of hydrogen-bond donors (Lipinski definition) is 1. The van der Waals surface area contributed by atoms with E-state index < -0.39 is 11.9 Å². The van der Waals surface area contributed by atoms with Crippen LogP contribution >= 0.6 is 15.9 Å². The number of nitrogens with zero attached hydrogens (tertiary/aromatic N) is 2. The van der Waals surface area contributed by atoms with Crippen LogP contribution in [0.25, 0.3) is 6.08 Å². The van der Waals surface area contributed by atoms with Crippen molar-refractivity contribution in [2.45, 2.75) is 6.04 Å². The highest BCUT2D eigenvalue weighted by molar-refractivity contribution is 9.10. The molecule has 1 N–H and O–H groups in total. The Labute approximate surface area is 171 Å². The summed E-state index contributed by atoms with van der Waals surface area (Å²) in [6.45, 7) is 0. The molecule has 1 amide bonds. The fourth-order valence-electron chi connectivity index (χ4n) is 2.77. The van der Waals surface area contributed by atoms with Crippen molar-refractivity contribution in [3.05, 3.63) is 88.2 Å². The lowest BCUT2D eigenvalue weighted by Crippen LogP contribution is -2.29. The summed E-state index contributed by atoms with van der Waals surface area (Å²) in [5, 5.41) is 2.93. The quantitative estimate of drug-likeness (QED) is 0.579. The van der Waals surface area contributed by atoms with Crippen molar-refractivity contribution in [1.29, 1.82) is 0 Å². The molecule has 1 atom stereocenters. The lowest BCUT2D eigenvalue weighted by molar-refractivity contribution is -0.117. The Kier molecular flexibility index (Phi) is 6.26. The Hall–Kier alpha value is -2.93. The fraction of sp³-hybridized carbons (Fsp3) is 0.143. The summed E-state index contributed by atoms with van der Waals surface area (Å²) in [6.07, 6.45) is 6.22. The SMILES string of the molecule is COc1cccc(C(NC(=O)/C=C/c2cc(Br)ccc2F)c2nccn2C)c1. The molecule has 1 heterocycles. The minimum absolute atomic E-state index is 0.319. The Balaban J connectivity index is 1.87. The average Bonchev–Trinajstić information content (AvgIpc) is 3.12. The maximum atomic E-state index is 13.9. The number of aromatic nitrogens is 2. The van der Waals surface area contributed by atoms with Crippen LogP contribution in [0, 0.1) is 5.82 Å². The number of hydrogen-bond acceptors (Lipinski definition) is 3. The van der Waals surface area contributed by atoms with Crippen LogP contribution in [0.2, 0.25) is 0 Å². The number of amides is 1. The summed E-state index contributed by atoms with van der Waals surface area (Å²) in [5.41, 5.74) is 1.14. The van der Waals surface area contributed by atoms with Gasteiger partial charge >= 0.3 is 0 Å². The molecule has 0 saturated carbocycles. The van der Waals surface area contributed by atoms with Gasteiger partial charge in [-0.1, -0.05) is 28.1 Å². The molecule has 0 aliphatic rings. The van der Waals surface area contributed by atoms with E-state index in [1.54, 1.807) is 31.6 Å². The van der Waals surface area contributed by atoms with Gasteiger partial charge in [0.2, 0.25) is 5.91 Å². The highest BCUT2D eigenvalue weighted by Crippen LogP contribution is 2.24. The van der Waals surface area contributed by atoms with Crippen LogP contribution in [0.15, 0.2) is 65.4 Å². The molecule has 0 bridgehead atoms. The molecule has 3 aromatic rings. The maximum absolute atomic E-state index is 13.9. The Bertz CT molecular complexity index is 1020. The fourth-order valence-corrected chi connectivity index (χ4v) is 3.15. The van der Waals surface area contributed by atoms with Crippen LogP contribution < -0.4 is 10.1 Å². The van der Waals surface area contributed by atoms with E-state index in [0.29, 0.717) is 17.1 Å². The molecule has 0 fully saturated rings. The molecule has 0 aliphatic carbocycles. The topological polar surface area (TPSA) is 56.1 Å². The molecule has 5 nitrogen and oxygen atoms in total. The van der Waals surface area contributed by atoms with Crippen LogP contribution in [0.1, 0.15) is 23.0 Å². The van der Waals surface area contributed by atoms with Gasteiger partial charge in [0.25, 0.3) is 0 Å². The molecular formula is C21H19BrFN3O2. The van der Waals surface area contributed by atoms with Gasteiger partial charge in [-0.25, -0.2) is 9.37 Å². The summed E-state index contributed by atoms with van der Waals surface area (Å²) in [4.78, 5) is 16.9. The Morgan fingerprint density at radius 2 is 2.14 bits per heavy atom. The van der Waals surface area contributed by atoms with Crippen molar-refractivity contribution in [3.8, 4) is 5.75 Å². The number of halogens is 2. The monoisotopic (exact) mass is 443 g/mol. The van der Waals surface area contributed by atoms with Gasteiger partial charge in [-0.05, 0) is 42.0 Å². The average molecular weight is 444 g/mol. The number of nitrogens with one attached hydrogen (secondary N) is 1. The van der Waals surface area contributed by atoms with E-state index >= 15 is 0 Å². The summed E-state index contributed by atoms with van der Waals surface area (Å²) in [6, 6.07) is 11.5. The van der Waals surface area contributed by atoms with Gasteiger partial charge in [0, 0.05) is 35.6 Å². The zero-order chi connectivity index (χ0) is 20.1. The van der Waals surface area contributed by atoms with Crippen molar-refractivity contribution < 1.29 is 13.9 Å². The molecule has 1 unspecified atom stereocenters. The standard InChI is InChI=1S/C21H19BrFN3O2/c1-26-11-10-24-21(26)20(15-4-3-5-17(13-15)28-2)25-19(27)9-6-14-12-16(22)7-8-18(14)23/h3-13,20H,1-2H3,(H,25,27)/b9-6+. The maximum Gasteiger partial charge on any atom is 0.244 e. The molecule has 0 saturated heterocycles. The molecule has 0 aliphatic heterocycles. The summed E-state index contributed by atoms with van der Waals surface area (Å²) in [5.74, 6) is 0.581. The second-order valence-electron chi connectivity index (χ2n) is 6.11. The van der Waals surface area contributed by atoms with Crippen LogP contribution in [0.4, 0.5) is 4.39 Å². The summed E-state index contributed by atoms with van der Waals surface area (Å²) < 4.78 is 21.7. The van der Waals surface area contributed by atoms with Gasteiger partial charge < -0.3 is 14.6 Å². The first kappa shape index (κ1) is 19.8. The summed E-state index contributed by atoms with van der Waals surface area (Å²) >= 11 is 3.30. The smallest absolute Gasteiger partial charge is 0.244 e. The number of rotatable bonds is 6. The summed E-state index contributed by atoms with van der Waals surface area (Å²) in [7, 11) is 3.44. The zero-order valence-corrected chi connectivity index (χ0v) is 17.0. The van der Waals surface area contributed by atoms with Gasteiger partial charge in [-0.2, -0.15) is 0 Å². The molecule has 0 spiro atoms. The third kappa shape index (κ3) is 4.67. The predicted molar refractivity (Wildman–Crippen MR) is 109 cm³/mol. The molecule has 2 aromatic carbocycles. The van der Waals surface area contributed by atoms with E-state index in [1.165, 1.54) is 18.2 Å². The number of methoxy groups -OCH3 is 1. The lowest BCUT2D eigenvalue weighted by Gasteiger charge is -2.19. The minimum atomic E-state index is -0.486. The van der Waals surface area contributed by atoms with E-state index in [9.17, 15) is 9.18 Å². The number of carbonyl (C=O) groups excluding carboxylic acids is 1. The van der Waals surface area contributed by atoms with Crippen LogP contribution in [-0.4, -0.2) is 22.6 Å². The highest BCUT2D eigenvalue weighted by atomic mass is 79.9. The third-order valence-electron chi connectivity index (χ3n) is 4.20. The number of imidazole rings is 1. The van der Waals surface area contributed by atoms with Crippen molar-refractivity contribution in [2.75, 3.05) is 7.11 Å². The van der Waals surface area contributed by atoms with E-state index in [1.807, 2.05) is 35.9 Å². The first-order chi connectivity index (χ1) is 13.5. The molecule has 0 radical (unpaired) electrons. The largest absolute Gasteiger partial charge is 0.497 e. The molecular weight excluding hydrogens is 425 g/mol. The minimum Gasteiger partial charge on any atom is -0.497 e. The number of ether oxygens (including phenoxy) is 1. The Morgan fingerprint density at radius 1 is 1.32 bits per heavy atom. The molecule has 28 heavy (non-hydrogen) atoms. The van der Waals surface area contributed by atoms with E-state index in [-0.39, 0.29) is 5.91 Å². The predicted octanol–water partition coefficient (Wildman–Crippen LogP) is 4.25. The third-order valence-corrected chi connectivity index (χ3v) is 4.70. The van der Waals surface area contributed by atoms with E-state index in [4.69, 9.17) is 4.74 Å². The van der Waals surface area contributed by atoms with Crippen LogP contribution in [0.5, 0.6) is 5.75 Å². The van der Waals surface area contributed by atoms with Crippen LogP contribution in [-0.2, 0) is 11.8 Å². The van der Waals surface area contributed by atoms with E-state index in [0.717, 1.165) is 10.0 Å². The second kappa shape index (κ2) is 8.84. The molecule has 144 valence electrons. The van der Waals surface area contributed by atoms with E-state index in [2.05, 4.69) is 26.2 Å². The molecule has 7 heteroatoms. The van der Waals surface area contributed by atoms with Crippen LogP contribution in [0.3, 0.4) is 0 Å². The van der Waals surface area contributed by atoms with Gasteiger partial charge in [-0.3, -0.25) is 4.79 Å². The number of benzene rings is 2. The highest BCUT2D eigenvalue weighted by Gasteiger charge is 2.20. The lowest BCUT2D eigenvalue weighted by atomic mass is 10.1. The van der Waals surface area contributed by atoms with Crippen molar-refractivity contribution in [2.24, 2.45) is 7.05 Å². The van der Waals surface area contributed by atoms with Gasteiger partial charge in [0.15, 0.2) is 0 Å². The van der Waals surface area contributed by atoms with Gasteiger partial charge in [0.1, 0.15) is 23.4 Å². The second-order valence-corrected chi connectivity index (χ2v) is 7.03. The van der Waals surface area contributed by atoms with Gasteiger partial charge in [0.05, 0.1) is 7.11 Å². The van der Waals surface area contributed by atoms with Crippen molar-refractivity contribution in [1.82, 2.24) is 14.9 Å². The van der Waals surface area contributed by atoms with Gasteiger partial charge in [-0.15, -0.1) is 0 Å². The Morgan fingerprint density at radius 3 is 2.86 bits per heavy atom. The first-order valence-electron chi connectivity index (χ1n) is 8.52. The molecule has 1 aromatic heterocycles. The number of aryl methyl sites for hydroxylation is 1. The number of carbonyl (C=O) groups is 1. The first-order valence-corrected chi connectivity index (χ1v) is 9.32. The normalized spacial score (nSPS) is 12.1. The van der Waals surface area contributed by atoms with Crippen molar-refractivity contribution >= 4 is 27.9 Å². The molecule has 3 rings (SSSR count).